The number of H-pyrrole nitrogens is 1. The highest BCUT2D eigenvalue weighted by atomic mass is 32.2. The topological polar surface area (TPSA) is 85.7 Å². The van der Waals surface area contributed by atoms with E-state index >= 15 is 0 Å². The molecule has 4 rings (SSSR count). The van der Waals surface area contributed by atoms with Crippen molar-refractivity contribution in [1.82, 2.24) is 24.7 Å². The Morgan fingerprint density at radius 1 is 1.14 bits per heavy atom. The lowest BCUT2D eigenvalue weighted by atomic mass is 10.2. The van der Waals surface area contributed by atoms with Gasteiger partial charge < -0.3 is 14.3 Å². The number of nitrogens with one attached hydrogen (secondary N) is 1. The molecule has 0 aliphatic heterocycles. The minimum Gasteiger partial charge on any atom is -0.483 e. The number of para-hydroxylation sites is 2. The van der Waals surface area contributed by atoms with Gasteiger partial charge in [0, 0.05) is 6.54 Å². The average molecular weight is 411 g/mol. The molecule has 0 spiro atoms. The smallest absolute Gasteiger partial charge is 0.258 e. The zero-order valence-electron chi connectivity index (χ0n) is 15.6. The molecule has 7 nitrogen and oxygen atoms in total. The number of ether oxygens (including phenoxy) is 1. The highest BCUT2D eigenvalue weighted by Gasteiger charge is 2.14. The molecule has 9 heteroatoms. The molecule has 0 fully saturated rings. The lowest BCUT2D eigenvalue weighted by Crippen LogP contribution is -2.11. The fourth-order valence-electron chi connectivity index (χ4n) is 2.89. The van der Waals surface area contributed by atoms with Crippen LogP contribution in [-0.4, -0.2) is 24.7 Å². The standard InChI is InChI=1S/C20H18FN5O2S/c1-2-26-18(11-28-16-10-6-4-8-14(16)21)24-25-20(26)29-12-17-22-15-9-5-3-7-13(15)19(27)23-17/h3-10H,2,11-12H2,1H3,(H,22,23,27). The third-order valence-corrected chi connectivity index (χ3v) is 5.28. The lowest BCUT2D eigenvalue weighted by Gasteiger charge is -2.09. The minimum atomic E-state index is -0.420. The molecule has 0 aliphatic carbocycles. The fourth-order valence-corrected chi connectivity index (χ4v) is 3.78. The first kappa shape index (κ1) is 19.1. The Kier molecular flexibility index (Phi) is 5.57. The number of nitrogens with zero attached hydrogens (tertiary/aromatic N) is 4. The molecule has 2 aromatic carbocycles. The Morgan fingerprint density at radius 3 is 2.76 bits per heavy atom. The summed E-state index contributed by atoms with van der Waals surface area (Å²) >= 11 is 1.41. The van der Waals surface area contributed by atoms with Crippen LogP contribution in [0.3, 0.4) is 0 Å². The fraction of sp³-hybridized carbons (Fsp3) is 0.200. The number of halogens is 1. The third-order valence-electron chi connectivity index (χ3n) is 4.30. The first-order valence-electron chi connectivity index (χ1n) is 9.06. The first-order chi connectivity index (χ1) is 14.2. The Labute approximate surface area is 170 Å². The van der Waals surface area contributed by atoms with Crippen LogP contribution in [0.5, 0.6) is 5.75 Å². The van der Waals surface area contributed by atoms with Gasteiger partial charge in [0.1, 0.15) is 12.4 Å². The monoisotopic (exact) mass is 411 g/mol. The summed E-state index contributed by atoms with van der Waals surface area (Å²) in [5.41, 5.74) is 0.491. The van der Waals surface area contributed by atoms with Gasteiger partial charge in [-0.3, -0.25) is 4.79 Å². The van der Waals surface area contributed by atoms with E-state index < -0.39 is 5.82 Å². The van der Waals surface area contributed by atoms with Gasteiger partial charge in [-0.05, 0) is 31.2 Å². The van der Waals surface area contributed by atoms with E-state index in [2.05, 4.69) is 20.2 Å². The van der Waals surface area contributed by atoms with Crippen LogP contribution in [0, 0.1) is 5.82 Å². The second-order valence-corrected chi connectivity index (χ2v) is 7.12. The normalized spacial score (nSPS) is 11.1. The molecular weight excluding hydrogens is 393 g/mol. The highest BCUT2D eigenvalue weighted by molar-refractivity contribution is 7.98. The summed E-state index contributed by atoms with van der Waals surface area (Å²) in [6.45, 7) is 2.70. The van der Waals surface area contributed by atoms with Crippen molar-refractivity contribution in [3.8, 4) is 5.75 Å². The largest absolute Gasteiger partial charge is 0.483 e. The molecule has 0 saturated heterocycles. The third kappa shape index (κ3) is 4.14. The maximum atomic E-state index is 13.7. The molecule has 0 radical (unpaired) electrons. The van der Waals surface area contributed by atoms with E-state index in [-0.39, 0.29) is 17.9 Å². The van der Waals surface area contributed by atoms with E-state index in [1.807, 2.05) is 29.7 Å². The average Bonchev–Trinajstić information content (AvgIpc) is 3.13. The maximum absolute atomic E-state index is 13.7. The summed E-state index contributed by atoms with van der Waals surface area (Å²) in [6.07, 6.45) is 0. The number of fused-ring (bicyclic) bond motifs is 1. The molecular formula is C20H18FN5O2S. The second kappa shape index (κ2) is 8.44. The molecule has 0 aliphatic rings. The molecule has 29 heavy (non-hydrogen) atoms. The number of hydrogen-bond donors (Lipinski definition) is 1. The van der Waals surface area contributed by atoms with Crippen molar-refractivity contribution in [2.24, 2.45) is 0 Å². The van der Waals surface area contributed by atoms with E-state index in [9.17, 15) is 9.18 Å². The van der Waals surface area contributed by atoms with Crippen LogP contribution >= 0.6 is 11.8 Å². The van der Waals surface area contributed by atoms with Gasteiger partial charge in [-0.1, -0.05) is 36.0 Å². The molecule has 0 bridgehead atoms. The van der Waals surface area contributed by atoms with Crippen LogP contribution in [-0.2, 0) is 18.9 Å². The van der Waals surface area contributed by atoms with E-state index in [4.69, 9.17) is 4.74 Å². The van der Waals surface area contributed by atoms with Crippen molar-refractivity contribution < 1.29 is 9.13 Å². The van der Waals surface area contributed by atoms with Gasteiger partial charge in [-0.25, -0.2) is 9.37 Å². The molecule has 148 valence electrons. The van der Waals surface area contributed by atoms with Crippen molar-refractivity contribution >= 4 is 22.7 Å². The van der Waals surface area contributed by atoms with Crippen LogP contribution < -0.4 is 10.3 Å². The summed E-state index contributed by atoms with van der Waals surface area (Å²) in [6, 6.07) is 13.4. The number of thioether (sulfide) groups is 1. The number of rotatable bonds is 7. The van der Waals surface area contributed by atoms with E-state index in [0.717, 1.165) is 0 Å². The molecule has 4 aromatic rings. The van der Waals surface area contributed by atoms with Crippen molar-refractivity contribution in [2.45, 2.75) is 31.0 Å². The van der Waals surface area contributed by atoms with Crippen molar-refractivity contribution in [3.63, 3.8) is 0 Å². The minimum absolute atomic E-state index is 0.105. The summed E-state index contributed by atoms with van der Waals surface area (Å²) < 4.78 is 21.2. The van der Waals surface area contributed by atoms with Gasteiger partial charge >= 0.3 is 0 Å². The van der Waals surface area contributed by atoms with Gasteiger partial charge in [0.15, 0.2) is 22.5 Å². The Bertz CT molecular complexity index is 1210. The van der Waals surface area contributed by atoms with E-state index in [0.29, 0.717) is 40.0 Å². The number of benzene rings is 2. The van der Waals surface area contributed by atoms with Crippen molar-refractivity contribution in [3.05, 3.63) is 76.4 Å². The van der Waals surface area contributed by atoms with E-state index in [1.54, 1.807) is 24.3 Å². The van der Waals surface area contributed by atoms with Crippen LogP contribution in [0.4, 0.5) is 4.39 Å². The van der Waals surface area contributed by atoms with Gasteiger partial charge in [0.2, 0.25) is 0 Å². The maximum Gasteiger partial charge on any atom is 0.258 e. The molecule has 0 saturated carbocycles. The van der Waals surface area contributed by atoms with Crippen LogP contribution in [0.15, 0.2) is 58.5 Å². The first-order valence-corrected chi connectivity index (χ1v) is 10.0. The van der Waals surface area contributed by atoms with Crippen LogP contribution in [0.2, 0.25) is 0 Å². The van der Waals surface area contributed by atoms with Gasteiger partial charge in [-0.15, -0.1) is 10.2 Å². The van der Waals surface area contributed by atoms with Crippen molar-refractivity contribution in [1.29, 1.82) is 0 Å². The SMILES string of the molecule is CCn1c(COc2ccccc2F)nnc1SCc1nc2ccccc2c(=O)[nH]1. The lowest BCUT2D eigenvalue weighted by molar-refractivity contribution is 0.274. The molecule has 0 atom stereocenters. The van der Waals surface area contributed by atoms with Crippen LogP contribution in [0.1, 0.15) is 18.6 Å². The van der Waals surface area contributed by atoms with Gasteiger partial charge in [0.05, 0.1) is 16.7 Å². The zero-order valence-corrected chi connectivity index (χ0v) is 16.4. The van der Waals surface area contributed by atoms with Crippen LogP contribution in [0.25, 0.3) is 10.9 Å². The number of hydrogen-bond acceptors (Lipinski definition) is 6. The summed E-state index contributed by atoms with van der Waals surface area (Å²) in [5, 5.41) is 9.60. The molecule has 2 heterocycles. The quantitative estimate of drug-likeness (QED) is 0.468. The summed E-state index contributed by atoms with van der Waals surface area (Å²) in [5.74, 6) is 1.35. The predicted octanol–water partition coefficient (Wildman–Crippen LogP) is 3.54. The predicted molar refractivity (Wildman–Crippen MR) is 108 cm³/mol. The highest BCUT2D eigenvalue weighted by Crippen LogP contribution is 2.22. The Hall–Kier alpha value is -3.20. The molecule has 2 aromatic heterocycles. The molecule has 1 N–H and O–H groups in total. The Morgan fingerprint density at radius 2 is 1.93 bits per heavy atom. The Balaban J connectivity index is 1.48. The van der Waals surface area contributed by atoms with Gasteiger partial charge in [-0.2, -0.15) is 0 Å². The zero-order chi connectivity index (χ0) is 20.2. The number of aromatic nitrogens is 5. The van der Waals surface area contributed by atoms with Gasteiger partial charge in [0.25, 0.3) is 5.56 Å². The van der Waals surface area contributed by atoms with Crippen molar-refractivity contribution in [2.75, 3.05) is 0 Å². The summed E-state index contributed by atoms with van der Waals surface area (Å²) in [7, 11) is 0. The molecule has 0 unspecified atom stereocenters. The number of aromatic amines is 1. The van der Waals surface area contributed by atoms with E-state index in [1.165, 1.54) is 17.8 Å². The second-order valence-electron chi connectivity index (χ2n) is 6.18. The summed E-state index contributed by atoms with van der Waals surface area (Å²) in [4.78, 5) is 19.5. The molecule has 0 amide bonds.